The van der Waals surface area contributed by atoms with Crippen LogP contribution in [0.1, 0.15) is 11.1 Å². The highest BCUT2D eigenvalue weighted by Crippen LogP contribution is 2.27. The molecule has 1 amide bonds. The summed E-state index contributed by atoms with van der Waals surface area (Å²) in [5.74, 6) is 0.578. The van der Waals surface area contributed by atoms with Gasteiger partial charge in [-0.2, -0.15) is 5.10 Å². The third-order valence-corrected chi connectivity index (χ3v) is 3.09. The van der Waals surface area contributed by atoms with Gasteiger partial charge in [-0.25, -0.2) is 9.82 Å². The lowest BCUT2D eigenvalue weighted by atomic mass is 10.1. The van der Waals surface area contributed by atoms with Crippen molar-refractivity contribution in [3.8, 4) is 11.5 Å². The standard InChI is InChI=1S/C17H17FN2O3/c1-22-15-8-5-13(9-16(15)23-2)10-17(21)20-19-11-12-3-6-14(18)7-4-12/h3-9,11H,10H2,1-2H3,(H,20,21)/b19-11+. The number of hydrogen-bond donors (Lipinski definition) is 1. The highest BCUT2D eigenvalue weighted by molar-refractivity contribution is 5.83. The van der Waals surface area contributed by atoms with Gasteiger partial charge in [0, 0.05) is 0 Å². The molecule has 2 rings (SSSR count). The number of benzene rings is 2. The Morgan fingerprint density at radius 3 is 2.48 bits per heavy atom. The lowest BCUT2D eigenvalue weighted by Gasteiger charge is -2.09. The molecule has 0 aliphatic heterocycles. The summed E-state index contributed by atoms with van der Waals surface area (Å²) in [6.45, 7) is 0. The van der Waals surface area contributed by atoms with Crippen LogP contribution in [-0.2, 0) is 11.2 Å². The molecule has 2 aromatic carbocycles. The van der Waals surface area contributed by atoms with E-state index in [4.69, 9.17) is 9.47 Å². The molecule has 0 heterocycles. The average Bonchev–Trinajstić information content (AvgIpc) is 2.56. The molecule has 0 radical (unpaired) electrons. The second-order valence-electron chi connectivity index (χ2n) is 4.71. The summed E-state index contributed by atoms with van der Waals surface area (Å²) < 4.78 is 23.1. The monoisotopic (exact) mass is 316 g/mol. The van der Waals surface area contributed by atoms with E-state index in [-0.39, 0.29) is 18.1 Å². The van der Waals surface area contributed by atoms with Gasteiger partial charge in [-0.1, -0.05) is 18.2 Å². The van der Waals surface area contributed by atoms with Gasteiger partial charge < -0.3 is 9.47 Å². The number of carbonyl (C=O) groups excluding carboxylic acids is 1. The lowest BCUT2D eigenvalue weighted by molar-refractivity contribution is -0.120. The molecule has 0 bridgehead atoms. The molecule has 1 N–H and O–H groups in total. The quantitative estimate of drug-likeness (QED) is 0.658. The largest absolute Gasteiger partial charge is 0.493 e. The molecule has 0 saturated heterocycles. The van der Waals surface area contributed by atoms with Gasteiger partial charge in [0.1, 0.15) is 5.82 Å². The molecule has 0 atom stereocenters. The molecular weight excluding hydrogens is 299 g/mol. The molecule has 120 valence electrons. The van der Waals surface area contributed by atoms with Gasteiger partial charge in [-0.15, -0.1) is 0 Å². The number of nitrogens with zero attached hydrogens (tertiary/aromatic N) is 1. The number of amides is 1. The number of carbonyl (C=O) groups is 1. The molecule has 0 aliphatic rings. The Morgan fingerprint density at radius 1 is 1.13 bits per heavy atom. The number of methoxy groups -OCH3 is 2. The van der Waals surface area contributed by atoms with Crippen LogP contribution in [0.25, 0.3) is 0 Å². The van der Waals surface area contributed by atoms with E-state index < -0.39 is 0 Å². The fourth-order valence-corrected chi connectivity index (χ4v) is 1.94. The van der Waals surface area contributed by atoms with E-state index in [0.717, 1.165) is 5.56 Å². The molecule has 0 aromatic heterocycles. The number of hydrazone groups is 1. The van der Waals surface area contributed by atoms with Gasteiger partial charge in [0.05, 0.1) is 26.9 Å². The van der Waals surface area contributed by atoms with Crippen molar-refractivity contribution in [2.75, 3.05) is 14.2 Å². The summed E-state index contributed by atoms with van der Waals surface area (Å²) in [5, 5.41) is 3.84. The Hall–Kier alpha value is -2.89. The van der Waals surface area contributed by atoms with Crippen molar-refractivity contribution >= 4 is 12.1 Å². The van der Waals surface area contributed by atoms with Crippen LogP contribution in [0.3, 0.4) is 0 Å². The van der Waals surface area contributed by atoms with E-state index in [0.29, 0.717) is 17.1 Å². The minimum Gasteiger partial charge on any atom is -0.493 e. The Bertz CT molecular complexity index is 699. The summed E-state index contributed by atoms with van der Waals surface area (Å²) >= 11 is 0. The third-order valence-electron chi connectivity index (χ3n) is 3.09. The number of nitrogens with one attached hydrogen (secondary N) is 1. The van der Waals surface area contributed by atoms with Crippen molar-refractivity contribution in [2.45, 2.75) is 6.42 Å². The van der Waals surface area contributed by atoms with Crippen molar-refractivity contribution in [1.82, 2.24) is 5.43 Å². The summed E-state index contributed by atoms with van der Waals surface area (Å²) in [5.41, 5.74) is 3.89. The van der Waals surface area contributed by atoms with Gasteiger partial charge in [0.25, 0.3) is 0 Å². The molecule has 0 spiro atoms. The van der Waals surface area contributed by atoms with E-state index in [1.165, 1.54) is 25.5 Å². The van der Waals surface area contributed by atoms with Crippen molar-refractivity contribution in [2.24, 2.45) is 5.10 Å². The zero-order valence-electron chi connectivity index (χ0n) is 12.9. The second kappa shape index (κ2) is 7.93. The summed E-state index contributed by atoms with van der Waals surface area (Å²) in [4.78, 5) is 11.9. The third kappa shape index (κ3) is 4.81. The van der Waals surface area contributed by atoms with E-state index >= 15 is 0 Å². The van der Waals surface area contributed by atoms with Crippen LogP contribution in [0, 0.1) is 5.82 Å². The normalized spacial score (nSPS) is 10.6. The SMILES string of the molecule is COc1ccc(CC(=O)N/N=C/c2ccc(F)cc2)cc1OC. The minimum absolute atomic E-state index is 0.154. The fraction of sp³-hybridized carbons (Fsp3) is 0.176. The number of halogens is 1. The van der Waals surface area contributed by atoms with Gasteiger partial charge in [0.2, 0.25) is 5.91 Å². The van der Waals surface area contributed by atoms with Crippen LogP contribution in [-0.4, -0.2) is 26.3 Å². The van der Waals surface area contributed by atoms with E-state index in [1.54, 1.807) is 37.4 Å². The Kier molecular flexibility index (Phi) is 5.68. The highest BCUT2D eigenvalue weighted by atomic mass is 19.1. The van der Waals surface area contributed by atoms with Crippen molar-refractivity contribution in [3.63, 3.8) is 0 Å². The van der Waals surface area contributed by atoms with Gasteiger partial charge in [0.15, 0.2) is 11.5 Å². The molecule has 2 aromatic rings. The fourth-order valence-electron chi connectivity index (χ4n) is 1.94. The zero-order valence-corrected chi connectivity index (χ0v) is 12.9. The van der Waals surface area contributed by atoms with Crippen LogP contribution in [0.4, 0.5) is 4.39 Å². The predicted molar refractivity (Wildman–Crippen MR) is 85.4 cm³/mol. The first-order valence-electron chi connectivity index (χ1n) is 6.90. The van der Waals surface area contributed by atoms with E-state index in [1.807, 2.05) is 0 Å². The Labute approximate surface area is 133 Å². The molecule has 0 fully saturated rings. The Balaban J connectivity index is 1.93. The van der Waals surface area contributed by atoms with Crippen molar-refractivity contribution in [3.05, 3.63) is 59.4 Å². The first-order chi connectivity index (χ1) is 11.1. The smallest absolute Gasteiger partial charge is 0.244 e. The second-order valence-corrected chi connectivity index (χ2v) is 4.71. The maximum Gasteiger partial charge on any atom is 0.244 e. The van der Waals surface area contributed by atoms with Crippen LogP contribution in [0.2, 0.25) is 0 Å². The molecule has 0 aliphatic carbocycles. The summed E-state index contributed by atoms with van der Waals surface area (Å²) in [7, 11) is 3.09. The summed E-state index contributed by atoms with van der Waals surface area (Å²) in [6, 6.07) is 11.0. The average molecular weight is 316 g/mol. The predicted octanol–water partition coefficient (Wildman–Crippen LogP) is 2.54. The first-order valence-corrected chi connectivity index (χ1v) is 6.90. The molecule has 0 unspecified atom stereocenters. The Morgan fingerprint density at radius 2 is 1.83 bits per heavy atom. The number of rotatable bonds is 6. The molecule has 23 heavy (non-hydrogen) atoms. The topological polar surface area (TPSA) is 59.9 Å². The van der Waals surface area contributed by atoms with Crippen LogP contribution in [0.15, 0.2) is 47.6 Å². The van der Waals surface area contributed by atoms with E-state index in [2.05, 4.69) is 10.5 Å². The zero-order chi connectivity index (χ0) is 16.7. The summed E-state index contributed by atoms with van der Waals surface area (Å²) in [6.07, 6.45) is 1.60. The highest BCUT2D eigenvalue weighted by Gasteiger charge is 2.07. The van der Waals surface area contributed by atoms with Crippen molar-refractivity contribution in [1.29, 1.82) is 0 Å². The molecule has 5 nitrogen and oxygen atoms in total. The number of ether oxygens (including phenoxy) is 2. The maximum absolute atomic E-state index is 12.8. The molecule has 6 heteroatoms. The maximum atomic E-state index is 12.8. The molecule has 0 saturated carbocycles. The lowest BCUT2D eigenvalue weighted by Crippen LogP contribution is -2.19. The van der Waals surface area contributed by atoms with Crippen molar-refractivity contribution < 1.29 is 18.7 Å². The van der Waals surface area contributed by atoms with Gasteiger partial charge in [-0.05, 0) is 35.4 Å². The van der Waals surface area contributed by atoms with E-state index in [9.17, 15) is 9.18 Å². The van der Waals surface area contributed by atoms with Gasteiger partial charge in [-0.3, -0.25) is 4.79 Å². The van der Waals surface area contributed by atoms with Crippen LogP contribution in [0.5, 0.6) is 11.5 Å². The number of hydrogen-bond acceptors (Lipinski definition) is 4. The minimum atomic E-state index is -0.320. The van der Waals surface area contributed by atoms with Crippen LogP contribution < -0.4 is 14.9 Å². The van der Waals surface area contributed by atoms with Crippen LogP contribution >= 0.6 is 0 Å². The molecular formula is C17H17FN2O3. The first kappa shape index (κ1) is 16.5. The van der Waals surface area contributed by atoms with Gasteiger partial charge >= 0.3 is 0 Å².